The van der Waals surface area contributed by atoms with Gasteiger partial charge in [0.25, 0.3) is 0 Å². The first kappa shape index (κ1) is 10.0. The van der Waals surface area contributed by atoms with E-state index in [9.17, 15) is 0 Å². The Bertz CT molecular complexity index is 638. The van der Waals surface area contributed by atoms with Crippen molar-refractivity contribution in [2.24, 2.45) is 0 Å². The fourth-order valence-electron chi connectivity index (χ4n) is 1.93. The molecule has 3 heteroatoms. The molecule has 0 fully saturated rings. The maximum absolute atomic E-state index is 4.21. The van der Waals surface area contributed by atoms with Gasteiger partial charge in [0.2, 0.25) is 0 Å². The molecule has 3 nitrogen and oxygen atoms in total. The van der Waals surface area contributed by atoms with Gasteiger partial charge in [-0.3, -0.25) is 0 Å². The zero-order valence-electron chi connectivity index (χ0n) is 9.72. The summed E-state index contributed by atoms with van der Waals surface area (Å²) in [5.41, 5.74) is 4.67. The van der Waals surface area contributed by atoms with Crippen molar-refractivity contribution in [2.45, 2.75) is 13.5 Å². The predicted molar refractivity (Wildman–Crippen MR) is 66.6 cm³/mol. The van der Waals surface area contributed by atoms with E-state index >= 15 is 0 Å². The Balaban J connectivity index is 1.91. The van der Waals surface area contributed by atoms with Crippen molar-refractivity contribution in [1.29, 1.82) is 0 Å². The van der Waals surface area contributed by atoms with E-state index in [0.717, 1.165) is 17.6 Å². The third kappa shape index (κ3) is 2.04. The molecule has 2 heterocycles. The van der Waals surface area contributed by atoms with Gasteiger partial charge in [-0.1, -0.05) is 29.8 Å². The molecule has 17 heavy (non-hydrogen) atoms. The van der Waals surface area contributed by atoms with E-state index in [1.807, 2.05) is 6.07 Å². The van der Waals surface area contributed by atoms with Crippen LogP contribution in [0, 0.1) is 6.92 Å². The number of hydrogen-bond donors (Lipinski definition) is 1. The summed E-state index contributed by atoms with van der Waals surface area (Å²) in [4.78, 5) is 7.33. The molecule has 2 aromatic heterocycles. The third-order valence-corrected chi connectivity index (χ3v) is 2.90. The van der Waals surface area contributed by atoms with Crippen LogP contribution in [0.15, 0.2) is 49.1 Å². The van der Waals surface area contributed by atoms with Crippen LogP contribution in [0.1, 0.15) is 11.1 Å². The highest BCUT2D eigenvalue weighted by molar-refractivity contribution is 5.71. The lowest BCUT2D eigenvalue weighted by atomic mass is 10.1. The van der Waals surface area contributed by atoms with E-state index in [2.05, 4.69) is 58.1 Å². The summed E-state index contributed by atoms with van der Waals surface area (Å²) >= 11 is 0. The predicted octanol–water partition coefficient (Wildman–Crippen LogP) is 2.21. The van der Waals surface area contributed by atoms with Crippen molar-refractivity contribution in [3.63, 3.8) is 0 Å². The number of nitrogens with zero attached hydrogens (tertiary/aromatic N) is 2. The van der Waals surface area contributed by atoms with Crippen LogP contribution in [0.2, 0.25) is 0 Å². The first-order chi connectivity index (χ1) is 8.31. The third-order valence-electron chi connectivity index (χ3n) is 2.90. The van der Waals surface area contributed by atoms with Crippen LogP contribution in [0.5, 0.6) is 0 Å². The van der Waals surface area contributed by atoms with E-state index < -0.39 is 0 Å². The summed E-state index contributed by atoms with van der Waals surface area (Å²) in [6.45, 7) is 2.99. The van der Waals surface area contributed by atoms with Gasteiger partial charge < -0.3 is 4.98 Å². The number of fused-ring (bicyclic) bond motifs is 1. The first-order valence-corrected chi connectivity index (χ1v) is 5.69. The highest BCUT2D eigenvalue weighted by Crippen LogP contribution is 2.05. The molecule has 3 aromatic rings. The second-order valence-electron chi connectivity index (χ2n) is 4.30. The molecular formula is C14H14N3+. The minimum Gasteiger partial charge on any atom is -0.340 e. The summed E-state index contributed by atoms with van der Waals surface area (Å²) in [5, 5.41) is 0. The Morgan fingerprint density at radius 3 is 2.82 bits per heavy atom. The van der Waals surface area contributed by atoms with Gasteiger partial charge in [0.15, 0.2) is 18.9 Å². The lowest BCUT2D eigenvalue weighted by Crippen LogP contribution is -2.33. The van der Waals surface area contributed by atoms with Gasteiger partial charge in [-0.2, -0.15) is 4.57 Å². The molecule has 0 unspecified atom stereocenters. The molecule has 0 amide bonds. The van der Waals surface area contributed by atoms with Crippen LogP contribution in [0.4, 0.5) is 0 Å². The second-order valence-corrected chi connectivity index (χ2v) is 4.30. The Kier molecular flexibility index (Phi) is 2.37. The van der Waals surface area contributed by atoms with Crippen LogP contribution in [-0.2, 0) is 6.54 Å². The Hall–Kier alpha value is -2.16. The van der Waals surface area contributed by atoms with E-state index in [0.29, 0.717) is 0 Å². The quantitative estimate of drug-likeness (QED) is 0.665. The highest BCUT2D eigenvalue weighted by Gasteiger charge is 2.05. The molecular weight excluding hydrogens is 210 g/mol. The summed E-state index contributed by atoms with van der Waals surface area (Å²) in [6, 6.07) is 10.6. The van der Waals surface area contributed by atoms with Crippen molar-refractivity contribution in [3.05, 3.63) is 60.2 Å². The minimum atomic E-state index is 0.884. The van der Waals surface area contributed by atoms with E-state index in [1.54, 1.807) is 6.33 Å². The number of H-pyrrole nitrogens is 1. The zero-order chi connectivity index (χ0) is 11.7. The minimum absolute atomic E-state index is 0.884. The zero-order valence-corrected chi connectivity index (χ0v) is 9.72. The van der Waals surface area contributed by atoms with Gasteiger partial charge in [0.1, 0.15) is 11.0 Å². The maximum atomic E-state index is 4.21. The smallest absolute Gasteiger partial charge is 0.195 e. The molecule has 0 spiro atoms. The molecule has 1 aromatic carbocycles. The molecule has 0 aliphatic heterocycles. The van der Waals surface area contributed by atoms with E-state index in [1.165, 1.54) is 11.1 Å². The number of pyridine rings is 1. The molecule has 0 atom stereocenters. The first-order valence-electron chi connectivity index (χ1n) is 5.69. The summed E-state index contributed by atoms with van der Waals surface area (Å²) < 4.78 is 2.16. The van der Waals surface area contributed by atoms with Gasteiger partial charge in [-0.25, -0.2) is 4.98 Å². The second kappa shape index (κ2) is 4.01. The molecule has 1 N–H and O–H groups in total. The molecule has 0 saturated carbocycles. The Morgan fingerprint density at radius 1 is 1.18 bits per heavy atom. The Labute approximate surface area is 99.8 Å². The number of benzene rings is 1. The van der Waals surface area contributed by atoms with Gasteiger partial charge in [-0.15, -0.1) is 0 Å². The van der Waals surface area contributed by atoms with Crippen molar-refractivity contribution >= 4 is 11.0 Å². The lowest BCUT2D eigenvalue weighted by Gasteiger charge is -1.98. The average Bonchev–Trinajstić information content (AvgIpc) is 2.79. The normalized spacial score (nSPS) is 10.9. The number of aryl methyl sites for hydroxylation is 1. The average molecular weight is 224 g/mol. The summed E-state index contributed by atoms with van der Waals surface area (Å²) in [6.07, 6.45) is 5.87. The standard InChI is InChI=1S/C14H13N3/c1-11-2-4-12(5-3-11)8-17-7-6-13-14(9-17)16-10-15-13/h2-7,9-10H,8H2,1H3/p+1. The van der Waals surface area contributed by atoms with Crippen LogP contribution in [0.25, 0.3) is 11.0 Å². The molecule has 0 saturated heterocycles. The molecule has 84 valence electrons. The topological polar surface area (TPSA) is 32.6 Å². The monoisotopic (exact) mass is 224 g/mol. The van der Waals surface area contributed by atoms with Gasteiger partial charge in [-0.05, 0) is 6.92 Å². The summed E-state index contributed by atoms with van der Waals surface area (Å²) in [5.74, 6) is 0. The Morgan fingerprint density at radius 2 is 2.00 bits per heavy atom. The largest absolute Gasteiger partial charge is 0.340 e. The SMILES string of the molecule is Cc1ccc(C[n+]2ccc3nc[nH]c3c2)cc1. The van der Waals surface area contributed by atoms with Crippen LogP contribution >= 0.6 is 0 Å². The number of aromatic nitrogens is 3. The fourth-order valence-corrected chi connectivity index (χ4v) is 1.93. The van der Waals surface area contributed by atoms with Gasteiger partial charge >= 0.3 is 0 Å². The van der Waals surface area contributed by atoms with E-state index in [-0.39, 0.29) is 0 Å². The van der Waals surface area contributed by atoms with Gasteiger partial charge in [0.05, 0.1) is 6.33 Å². The fraction of sp³-hybridized carbons (Fsp3) is 0.143. The lowest BCUT2D eigenvalue weighted by molar-refractivity contribution is -0.687. The van der Waals surface area contributed by atoms with Crippen molar-refractivity contribution in [1.82, 2.24) is 9.97 Å². The van der Waals surface area contributed by atoms with Gasteiger partial charge in [0, 0.05) is 11.6 Å². The number of imidazole rings is 1. The molecule has 0 aliphatic carbocycles. The van der Waals surface area contributed by atoms with Crippen LogP contribution < -0.4 is 4.57 Å². The van der Waals surface area contributed by atoms with Crippen molar-refractivity contribution < 1.29 is 4.57 Å². The number of nitrogens with one attached hydrogen (secondary N) is 1. The van der Waals surface area contributed by atoms with E-state index in [4.69, 9.17) is 0 Å². The highest BCUT2D eigenvalue weighted by atomic mass is 15.0. The van der Waals surface area contributed by atoms with Crippen LogP contribution in [-0.4, -0.2) is 9.97 Å². The maximum Gasteiger partial charge on any atom is 0.195 e. The summed E-state index contributed by atoms with van der Waals surface area (Å²) in [7, 11) is 0. The molecule has 3 rings (SSSR count). The van der Waals surface area contributed by atoms with Crippen molar-refractivity contribution in [3.8, 4) is 0 Å². The number of hydrogen-bond acceptors (Lipinski definition) is 1. The number of rotatable bonds is 2. The molecule has 0 bridgehead atoms. The molecule has 0 aliphatic rings. The van der Waals surface area contributed by atoms with Crippen molar-refractivity contribution in [2.75, 3.05) is 0 Å². The molecule has 0 radical (unpaired) electrons. The number of aromatic amines is 1. The van der Waals surface area contributed by atoms with Crippen LogP contribution in [0.3, 0.4) is 0 Å².